The van der Waals surface area contributed by atoms with E-state index in [-0.39, 0.29) is 11.5 Å². The van der Waals surface area contributed by atoms with Crippen LogP contribution in [0.2, 0.25) is 0 Å². The number of nitrogens with zero attached hydrogens (tertiary/aromatic N) is 1. The summed E-state index contributed by atoms with van der Waals surface area (Å²) in [6.07, 6.45) is -0.362. The zero-order chi connectivity index (χ0) is 11.8. The molecule has 1 saturated heterocycles. The van der Waals surface area contributed by atoms with E-state index in [0.29, 0.717) is 0 Å². The van der Waals surface area contributed by atoms with Crippen LogP contribution in [0.4, 0.5) is 0 Å². The number of hydrogen-bond acceptors (Lipinski definition) is 5. The smallest absolute Gasteiger partial charge is 0.266 e. The topological polar surface area (TPSA) is 112 Å². The largest absolute Gasteiger partial charge is 0.286 e. The van der Waals surface area contributed by atoms with E-state index in [2.05, 4.69) is 0 Å². The Hall–Kier alpha value is -0.700. The van der Waals surface area contributed by atoms with Gasteiger partial charge in [-0.05, 0) is 0 Å². The number of carbonyl (C=O) groups excluding carboxylic acids is 2. The van der Waals surface area contributed by atoms with Crippen LogP contribution in [0.15, 0.2) is 0 Å². The standard InChI is InChI=1S/C6H8ClNO6S/c7-4(2-15(12,13)14)3-1-5(9)8(11)6(3)10/h3-4,11H,1-2H2,(H,12,13,14). The summed E-state index contributed by atoms with van der Waals surface area (Å²) < 4.78 is 29.4. The third kappa shape index (κ3) is 2.88. The van der Waals surface area contributed by atoms with Crippen molar-refractivity contribution < 1.29 is 27.8 Å². The summed E-state index contributed by atoms with van der Waals surface area (Å²) in [7, 11) is -4.31. The molecule has 15 heavy (non-hydrogen) atoms. The summed E-state index contributed by atoms with van der Waals surface area (Å²) in [4.78, 5) is 22.0. The minimum atomic E-state index is -4.31. The van der Waals surface area contributed by atoms with E-state index in [4.69, 9.17) is 21.4 Å². The zero-order valence-electron chi connectivity index (χ0n) is 7.33. The quantitative estimate of drug-likeness (QED) is 0.298. The minimum Gasteiger partial charge on any atom is -0.286 e. The lowest BCUT2D eigenvalue weighted by atomic mass is 10.1. The second-order valence-corrected chi connectivity index (χ2v) is 5.18. The van der Waals surface area contributed by atoms with Crippen LogP contribution >= 0.6 is 11.6 Å². The molecule has 0 aromatic carbocycles. The maximum Gasteiger partial charge on any atom is 0.266 e. The number of amides is 2. The van der Waals surface area contributed by atoms with Gasteiger partial charge in [0.25, 0.3) is 21.9 Å². The number of alkyl halides is 1. The Morgan fingerprint density at radius 1 is 1.53 bits per heavy atom. The summed E-state index contributed by atoms with van der Waals surface area (Å²) in [5, 5.41) is 7.51. The molecule has 0 aromatic rings. The fourth-order valence-corrected chi connectivity index (χ4v) is 2.55. The first-order valence-electron chi connectivity index (χ1n) is 3.87. The van der Waals surface area contributed by atoms with Crippen LogP contribution in [0.25, 0.3) is 0 Å². The number of rotatable bonds is 3. The number of hydrogen-bond donors (Lipinski definition) is 2. The summed E-state index contributed by atoms with van der Waals surface area (Å²) in [6, 6.07) is 0. The van der Waals surface area contributed by atoms with Gasteiger partial charge in [-0.2, -0.15) is 13.5 Å². The van der Waals surface area contributed by atoms with Crippen LogP contribution in [0, 0.1) is 5.92 Å². The molecule has 0 radical (unpaired) electrons. The monoisotopic (exact) mass is 257 g/mol. The van der Waals surface area contributed by atoms with Gasteiger partial charge in [0, 0.05) is 6.42 Å². The molecular weight excluding hydrogens is 250 g/mol. The van der Waals surface area contributed by atoms with Gasteiger partial charge in [0.2, 0.25) is 0 Å². The van der Waals surface area contributed by atoms with Crippen molar-refractivity contribution in [1.29, 1.82) is 0 Å². The molecule has 1 heterocycles. The number of hydroxylamine groups is 2. The molecule has 1 aliphatic rings. The maximum atomic E-state index is 11.1. The number of carbonyl (C=O) groups is 2. The highest BCUT2D eigenvalue weighted by atomic mass is 35.5. The van der Waals surface area contributed by atoms with Crippen LogP contribution < -0.4 is 0 Å². The Labute approximate surface area is 90.3 Å². The van der Waals surface area contributed by atoms with Gasteiger partial charge in [-0.15, -0.1) is 11.6 Å². The number of halogens is 1. The number of imide groups is 1. The van der Waals surface area contributed by atoms with Gasteiger partial charge in [0.15, 0.2) is 0 Å². The highest BCUT2D eigenvalue weighted by molar-refractivity contribution is 7.85. The Morgan fingerprint density at radius 2 is 2.07 bits per heavy atom. The molecule has 2 amide bonds. The summed E-state index contributed by atoms with van der Waals surface area (Å²) in [6.45, 7) is 0. The fraction of sp³-hybridized carbons (Fsp3) is 0.667. The molecule has 1 fully saturated rings. The van der Waals surface area contributed by atoms with Crippen molar-refractivity contribution in [2.24, 2.45) is 5.92 Å². The van der Waals surface area contributed by atoms with E-state index in [0.717, 1.165) is 0 Å². The van der Waals surface area contributed by atoms with E-state index < -0.39 is 39.0 Å². The average molecular weight is 258 g/mol. The fourth-order valence-electron chi connectivity index (χ4n) is 1.24. The van der Waals surface area contributed by atoms with Crippen LogP contribution in [-0.4, -0.2) is 46.2 Å². The molecule has 7 nitrogen and oxygen atoms in total. The minimum absolute atomic E-state index is 0.0932. The van der Waals surface area contributed by atoms with Crippen molar-refractivity contribution in [3.63, 3.8) is 0 Å². The first-order chi connectivity index (χ1) is 6.72. The van der Waals surface area contributed by atoms with Crippen molar-refractivity contribution >= 4 is 33.5 Å². The summed E-state index contributed by atoms with van der Waals surface area (Å²) >= 11 is 5.55. The Kier molecular flexibility index (Phi) is 3.34. The van der Waals surface area contributed by atoms with Crippen molar-refractivity contribution in [1.82, 2.24) is 5.06 Å². The molecule has 0 saturated carbocycles. The van der Waals surface area contributed by atoms with Crippen LogP contribution in [0.5, 0.6) is 0 Å². The van der Waals surface area contributed by atoms with Gasteiger partial charge in [0.05, 0.1) is 17.0 Å². The molecule has 0 aliphatic carbocycles. The molecule has 1 rings (SSSR count). The van der Waals surface area contributed by atoms with Crippen molar-refractivity contribution in [2.45, 2.75) is 11.8 Å². The molecule has 2 atom stereocenters. The van der Waals surface area contributed by atoms with Crippen LogP contribution in [0.3, 0.4) is 0 Å². The predicted octanol–water partition coefficient (Wildman–Crippen LogP) is -0.754. The Bertz CT molecular complexity index is 392. The van der Waals surface area contributed by atoms with Gasteiger partial charge in [-0.3, -0.25) is 19.3 Å². The lowest BCUT2D eigenvalue weighted by Crippen LogP contribution is -2.32. The molecule has 2 N–H and O–H groups in total. The lowest BCUT2D eigenvalue weighted by molar-refractivity contribution is -0.172. The van der Waals surface area contributed by atoms with Crippen molar-refractivity contribution in [3.05, 3.63) is 0 Å². The van der Waals surface area contributed by atoms with Crippen molar-refractivity contribution in [3.8, 4) is 0 Å². The van der Waals surface area contributed by atoms with E-state index in [1.165, 1.54) is 0 Å². The normalized spacial score (nSPS) is 24.7. The first-order valence-corrected chi connectivity index (χ1v) is 5.92. The highest BCUT2D eigenvalue weighted by Gasteiger charge is 2.43. The molecule has 9 heteroatoms. The van der Waals surface area contributed by atoms with Crippen molar-refractivity contribution in [2.75, 3.05) is 5.75 Å². The van der Waals surface area contributed by atoms with E-state index in [1.807, 2.05) is 0 Å². The second kappa shape index (κ2) is 4.05. The molecule has 1 aliphatic heterocycles. The summed E-state index contributed by atoms with van der Waals surface area (Å²) in [5.74, 6) is -3.76. The molecule has 2 unspecified atom stereocenters. The third-order valence-electron chi connectivity index (χ3n) is 1.96. The lowest BCUT2D eigenvalue weighted by Gasteiger charge is -2.12. The van der Waals surface area contributed by atoms with Gasteiger partial charge in [0.1, 0.15) is 0 Å². The predicted molar refractivity (Wildman–Crippen MR) is 47.8 cm³/mol. The Balaban J connectivity index is 2.75. The molecule has 0 bridgehead atoms. The molecular formula is C6H8ClNO6S. The van der Waals surface area contributed by atoms with E-state index in [9.17, 15) is 18.0 Å². The molecule has 0 spiro atoms. The summed E-state index contributed by atoms with van der Waals surface area (Å²) in [5.41, 5.74) is 0. The SMILES string of the molecule is O=C1CC(C(Cl)CS(=O)(=O)O)C(=O)N1O. The van der Waals surface area contributed by atoms with Gasteiger partial charge in [-0.1, -0.05) is 0 Å². The van der Waals surface area contributed by atoms with E-state index >= 15 is 0 Å². The van der Waals surface area contributed by atoms with Gasteiger partial charge < -0.3 is 0 Å². The van der Waals surface area contributed by atoms with Gasteiger partial charge >= 0.3 is 0 Å². The third-order valence-corrected chi connectivity index (χ3v) is 3.38. The van der Waals surface area contributed by atoms with Crippen LogP contribution in [0.1, 0.15) is 6.42 Å². The second-order valence-electron chi connectivity index (χ2n) is 3.12. The van der Waals surface area contributed by atoms with Gasteiger partial charge in [-0.25, -0.2) is 0 Å². The van der Waals surface area contributed by atoms with Crippen LogP contribution in [-0.2, 0) is 19.7 Å². The molecule has 0 aromatic heterocycles. The molecule has 86 valence electrons. The van der Waals surface area contributed by atoms with E-state index in [1.54, 1.807) is 0 Å². The first kappa shape index (κ1) is 12.4. The maximum absolute atomic E-state index is 11.1. The zero-order valence-corrected chi connectivity index (χ0v) is 8.90. The Morgan fingerprint density at radius 3 is 2.40 bits per heavy atom. The highest BCUT2D eigenvalue weighted by Crippen LogP contribution is 2.25. The average Bonchev–Trinajstić information content (AvgIpc) is 2.30.